The van der Waals surface area contributed by atoms with Crippen LogP contribution < -0.4 is 0 Å². The average molecular weight is 340 g/mol. The molecule has 0 fully saturated rings. The van der Waals surface area contributed by atoms with Crippen molar-refractivity contribution in [1.29, 1.82) is 0 Å². The van der Waals surface area contributed by atoms with Gasteiger partial charge in [0.1, 0.15) is 0 Å². The monoisotopic (exact) mass is 340 g/mol. The Morgan fingerprint density at radius 2 is 1.00 bits per heavy atom. The van der Waals surface area contributed by atoms with Crippen molar-refractivity contribution < 1.29 is 0 Å². The molecule has 0 unspecified atom stereocenters. The van der Waals surface area contributed by atoms with Gasteiger partial charge in [0.2, 0.25) is 0 Å². The van der Waals surface area contributed by atoms with Gasteiger partial charge in [-0.05, 0) is 47.9 Å². The van der Waals surface area contributed by atoms with E-state index in [-0.39, 0.29) is 10.8 Å². The summed E-state index contributed by atoms with van der Waals surface area (Å²) >= 11 is 0. The molecular weight excluding hydrogens is 316 g/mol. The van der Waals surface area contributed by atoms with Crippen LogP contribution >= 0.6 is 0 Å². The molecule has 2 heterocycles. The summed E-state index contributed by atoms with van der Waals surface area (Å²) < 4.78 is 0. The van der Waals surface area contributed by atoms with Crippen molar-refractivity contribution in [3.05, 3.63) is 47.5 Å². The maximum absolute atomic E-state index is 4.94. The molecule has 0 amide bonds. The Balaban J connectivity index is 1.86. The normalized spacial score (nSPS) is 19.5. The highest BCUT2D eigenvalue weighted by molar-refractivity contribution is 6.14. The van der Waals surface area contributed by atoms with E-state index in [9.17, 15) is 0 Å². The van der Waals surface area contributed by atoms with Gasteiger partial charge in [-0.15, -0.1) is 0 Å². The summed E-state index contributed by atoms with van der Waals surface area (Å²) in [6.07, 6.45) is 0. The van der Waals surface area contributed by atoms with Gasteiger partial charge in [0.25, 0.3) is 0 Å². The predicted octanol–water partition coefficient (Wildman–Crippen LogP) is 6.76. The summed E-state index contributed by atoms with van der Waals surface area (Å²) in [5.74, 6) is 0. The number of hydrogen-bond acceptors (Lipinski definition) is 2. The Morgan fingerprint density at radius 1 is 0.615 bits per heavy atom. The number of benzene rings is 3. The zero-order chi connectivity index (χ0) is 18.4. The van der Waals surface area contributed by atoms with Gasteiger partial charge in [-0.3, -0.25) is 9.98 Å². The first-order valence-electron chi connectivity index (χ1n) is 9.37. The standard InChI is InChI=1S/C24H24N2/c1-13-23(3,4)19-9-7-15-12-18-16(11-17(15)21(19)25-13)8-10-20-22(18)26-14(2)24(20,5)6/h7-12H,1-6H3. The van der Waals surface area contributed by atoms with Crippen LogP contribution in [0.2, 0.25) is 0 Å². The van der Waals surface area contributed by atoms with Crippen molar-refractivity contribution in [3.63, 3.8) is 0 Å². The molecule has 0 N–H and O–H groups in total. The van der Waals surface area contributed by atoms with E-state index in [0.29, 0.717) is 0 Å². The first-order chi connectivity index (χ1) is 12.2. The third-order valence-electron chi connectivity index (χ3n) is 6.82. The molecule has 5 rings (SSSR count). The van der Waals surface area contributed by atoms with Crippen LogP contribution in [0.15, 0.2) is 46.4 Å². The molecule has 0 bridgehead atoms. The van der Waals surface area contributed by atoms with Gasteiger partial charge in [-0.25, -0.2) is 0 Å². The Kier molecular flexibility index (Phi) is 2.80. The Bertz CT molecular complexity index is 1090. The highest BCUT2D eigenvalue weighted by Gasteiger charge is 2.34. The average Bonchev–Trinajstić information content (AvgIpc) is 2.96. The minimum absolute atomic E-state index is 0.0157. The molecule has 2 aliphatic rings. The number of nitrogens with zero attached hydrogens (tertiary/aromatic N) is 2. The fourth-order valence-corrected chi connectivity index (χ4v) is 4.37. The van der Waals surface area contributed by atoms with E-state index < -0.39 is 0 Å². The first kappa shape index (κ1) is 15.7. The Labute approximate surface area is 154 Å². The number of hydrogen-bond donors (Lipinski definition) is 0. The fourth-order valence-electron chi connectivity index (χ4n) is 4.37. The second kappa shape index (κ2) is 4.62. The SMILES string of the molecule is CC1=Nc2c(ccc3cc4c5c(ccc4cc23)C(C)(C)C(C)=N5)C1(C)C. The highest BCUT2D eigenvalue weighted by Crippen LogP contribution is 2.48. The molecule has 0 saturated heterocycles. The van der Waals surface area contributed by atoms with Gasteiger partial charge in [0.15, 0.2) is 0 Å². The lowest BCUT2D eigenvalue weighted by Gasteiger charge is -2.21. The van der Waals surface area contributed by atoms with Gasteiger partial charge in [-0.2, -0.15) is 0 Å². The number of aliphatic imine (C=N–C) groups is 2. The molecule has 0 atom stereocenters. The van der Waals surface area contributed by atoms with E-state index in [2.05, 4.69) is 77.9 Å². The molecule has 2 aliphatic heterocycles. The Hall–Kier alpha value is -2.48. The maximum Gasteiger partial charge on any atom is 0.0749 e. The lowest BCUT2D eigenvalue weighted by atomic mass is 9.80. The minimum atomic E-state index is 0.0157. The van der Waals surface area contributed by atoms with Crippen LogP contribution in [0.1, 0.15) is 52.7 Å². The fraction of sp³-hybridized carbons (Fsp3) is 0.333. The van der Waals surface area contributed by atoms with Crippen LogP contribution in [0, 0.1) is 0 Å². The highest BCUT2D eigenvalue weighted by atomic mass is 14.8. The quantitative estimate of drug-likeness (QED) is 0.404. The van der Waals surface area contributed by atoms with Crippen LogP contribution in [0.4, 0.5) is 11.4 Å². The summed E-state index contributed by atoms with van der Waals surface area (Å²) in [6.45, 7) is 13.3. The number of rotatable bonds is 0. The van der Waals surface area contributed by atoms with E-state index in [1.165, 1.54) is 44.1 Å². The summed E-state index contributed by atoms with van der Waals surface area (Å²) in [6, 6.07) is 13.6. The zero-order valence-corrected chi connectivity index (χ0v) is 16.4. The van der Waals surface area contributed by atoms with Crippen molar-refractivity contribution in [3.8, 4) is 0 Å². The molecule has 0 spiro atoms. The number of fused-ring (bicyclic) bond motifs is 6. The molecule has 26 heavy (non-hydrogen) atoms. The molecule has 3 aromatic rings. The van der Waals surface area contributed by atoms with Crippen molar-refractivity contribution in [2.45, 2.75) is 52.4 Å². The molecule has 0 radical (unpaired) electrons. The van der Waals surface area contributed by atoms with Crippen LogP contribution in [0.25, 0.3) is 21.5 Å². The molecule has 0 saturated carbocycles. The van der Waals surface area contributed by atoms with Crippen LogP contribution in [0.3, 0.4) is 0 Å². The smallest absolute Gasteiger partial charge is 0.0749 e. The predicted molar refractivity (Wildman–Crippen MR) is 113 cm³/mol. The summed E-state index contributed by atoms with van der Waals surface area (Å²) in [7, 11) is 0. The lowest BCUT2D eigenvalue weighted by Crippen LogP contribution is -2.22. The van der Waals surface area contributed by atoms with Crippen LogP contribution in [0.5, 0.6) is 0 Å². The maximum atomic E-state index is 4.94. The van der Waals surface area contributed by atoms with Crippen LogP contribution in [-0.2, 0) is 10.8 Å². The molecule has 3 aromatic carbocycles. The van der Waals surface area contributed by atoms with Crippen molar-refractivity contribution in [1.82, 2.24) is 0 Å². The molecule has 0 aliphatic carbocycles. The van der Waals surface area contributed by atoms with Gasteiger partial charge in [0.05, 0.1) is 11.4 Å². The molecule has 2 nitrogen and oxygen atoms in total. The van der Waals surface area contributed by atoms with E-state index in [0.717, 1.165) is 11.4 Å². The first-order valence-corrected chi connectivity index (χ1v) is 9.37. The van der Waals surface area contributed by atoms with Gasteiger partial charge in [-0.1, -0.05) is 52.0 Å². The third-order valence-corrected chi connectivity index (χ3v) is 6.82. The second-order valence-corrected chi connectivity index (χ2v) is 8.86. The van der Waals surface area contributed by atoms with Crippen molar-refractivity contribution in [2.24, 2.45) is 9.98 Å². The van der Waals surface area contributed by atoms with Gasteiger partial charge < -0.3 is 0 Å². The minimum Gasteiger partial charge on any atom is -0.256 e. The molecule has 2 heteroatoms. The van der Waals surface area contributed by atoms with Crippen LogP contribution in [-0.4, -0.2) is 11.4 Å². The topological polar surface area (TPSA) is 24.7 Å². The molecule has 130 valence electrons. The van der Waals surface area contributed by atoms with E-state index >= 15 is 0 Å². The molecule has 0 aromatic heterocycles. The third kappa shape index (κ3) is 1.77. The van der Waals surface area contributed by atoms with Crippen molar-refractivity contribution >= 4 is 44.3 Å². The second-order valence-electron chi connectivity index (χ2n) is 8.86. The van der Waals surface area contributed by atoms with E-state index in [1.807, 2.05) is 0 Å². The summed E-state index contributed by atoms with van der Waals surface area (Å²) in [5.41, 5.74) is 7.37. The van der Waals surface area contributed by atoms with E-state index in [4.69, 9.17) is 9.98 Å². The lowest BCUT2D eigenvalue weighted by molar-refractivity contribution is 0.733. The summed E-state index contributed by atoms with van der Waals surface area (Å²) in [5, 5.41) is 4.99. The Morgan fingerprint density at radius 3 is 1.38 bits per heavy atom. The van der Waals surface area contributed by atoms with E-state index in [1.54, 1.807) is 0 Å². The van der Waals surface area contributed by atoms with Gasteiger partial charge in [0, 0.05) is 33.0 Å². The summed E-state index contributed by atoms with van der Waals surface area (Å²) in [4.78, 5) is 9.87. The van der Waals surface area contributed by atoms with Gasteiger partial charge >= 0.3 is 0 Å². The largest absolute Gasteiger partial charge is 0.256 e. The molecular formula is C24H24N2. The zero-order valence-electron chi connectivity index (χ0n) is 16.4. The van der Waals surface area contributed by atoms with Crippen molar-refractivity contribution in [2.75, 3.05) is 0 Å².